The lowest BCUT2D eigenvalue weighted by molar-refractivity contribution is -0.140. The number of anilines is 2. The fraction of sp³-hybridized carbons (Fsp3) is 0.484. The van der Waals surface area contributed by atoms with Crippen LogP contribution in [-0.4, -0.2) is 106 Å². The molecule has 0 spiro atoms. The maximum atomic E-state index is 13.6. The van der Waals surface area contributed by atoms with Gasteiger partial charge in [0.1, 0.15) is 18.9 Å². The molecule has 44 heavy (non-hydrogen) atoms. The summed E-state index contributed by atoms with van der Waals surface area (Å²) in [7, 11) is 0.336. The molecule has 1 saturated heterocycles. The normalized spacial score (nSPS) is 14.9. The van der Waals surface area contributed by atoms with Crippen molar-refractivity contribution < 1.29 is 31.4 Å². The Labute approximate surface area is 256 Å². The van der Waals surface area contributed by atoms with Gasteiger partial charge in [0.25, 0.3) is 0 Å². The number of aliphatic hydroxyl groups is 1. The summed E-state index contributed by atoms with van der Waals surface area (Å²) in [4.78, 5) is 4.24. The number of fused-ring (bicyclic) bond motifs is 1. The highest BCUT2D eigenvalue weighted by atomic mass is 32.2. The molecule has 0 radical (unpaired) electrons. The van der Waals surface area contributed by atoms with Crippen molar-refractivity contribution in [3.05, 3.63) is 48.2 Å². The van der Waals surface area contributed by atoms with E-state index in [2.05, 4.69) is 27.4 Å². The lowest BCUT2D eigenvalue weighted by Crippen LogP contribution is -2.40. The zero-order chi connectivity index (χ0) is 31.9. The summed E-state index contributed by atoms with van der Waals surface area (Å²) >= 11 is 0. The summed E-state index contributed by atoms with van der Waals surface area (Å²) in [5, 5.41) is 16.5. The van der Waals surface area contributed by atoms with Crippen LogP contribution in [0.3, 0.4) is 0 Å². The topological polar surface area (TPSA) is 99.1 Å². The number of hydrogen-bond acceptors (Lipinski definition) is 8. The van der Waals surface area contributed by atoms with Gasteiger partial charge in [-0.15, -0.1) is 0 Å². The van der Waals surface area contributed by atoms with Crippen LogP contribution in [-0.2, 0) is 16.4 Å². The zero-order valence-electron chi connectivity index (χ0n) is 25.2. The molecule has 0 unspecified atom stereocenters. The van der Waals surface area contributed by atoms with Crippen molar-refractivity contribution in [3.63, 3.8) is 0 Å². The average molecular weight is 636 g/mol. The van der Waals surface area contributed by atoms with Crippen LogP contribution in [0.4, 0.5) is 24.5 Å². The second-order valence-electron chi connectivity index (χ2n) is 11.2. The van der Waals surface area contributed by atoms with E-state index in [0.29, 0.717) is 42.0 Å². The number of aromatic nitrogens is 1. The largest absolute Gasteiger partial charge is 0.490 e. The Balaban J connectivity index is 1.55. The number of likely N-dealkylation sites (tertiary alicyclic amines) is 1. The minimum atomic E-state index is -4.44. The number of aliphatic hydroxyl groups excluding tert-OH is 1. The van der Waals surface area contributed by atoms with Crippen LogP contribution in [0.2, 0.25) is 0 Å². The highest BCUT2D eigenvalue weighted by Gasteiger charge is 2.30. The lowest BCUT2D eigenvalue weighted by atomic mass is 10.0. The van der Waals surface area contributed by atoms with Gasteiger partial charge in [-0.1, -0.05) is 12.0 Å². The molecular weight excluding hydrogens is 595 g/mol. The van der Waals surface area contributed by atoms with E-state index in [-0.39, 0.29) is 29.8 Å². The molecule has 0 atom stereocenters. The Morgan fingerprint density at radius 3 is 2.52 bits per heavy atom. The second kappa shape index (κ2) is 14.6. The minimum absolute atomic E-state index is 0.0906. The molecule has 1 fully saturated rings. The van der Waals surface area contributed by atoms with Gasteiger partial charge in [-0.3, -0.25) is 0 Å². The smallest absolute Gasteiger partial charge is 0.406 e. The molecule has 3 aromatic rings. The zero-order valence-corrected chi connectivity index (χ0v) is 26.1. The summed E-state index contributed by atoms with van der Waals surface area (Å²) in [6, 6.07) is 11.7. The quantitative estimate of drug-likeness (QED) is 0.258. The first-order chi connectivity index (χ1) is 20.8. The molecule has 0 saturated carbocycles. The van der Waals surface area contributed by atoms with Crippen LogP contribution in [0.15, 0.2) is 47.4 Å². The second-order valence-corrected chi connectivity index (χ2v) is 13.2. The molecule has 4 rings (SSSR count). The highest BCUT2D eigenvalue weighted by Crippen LogP contribution is 2.32. The van der Waals surface area contributed by atoms with Crippen molar-refractivity contribution in [2.75, 3.05) is 76.9 Å². The number of benzene rings is 2. The van der Waals surface area contributed by atoms with Gasteiger partial charge in [-0.2, -0.15) is 13.2 Å². The van der Waals surface area contributed by atoms with Gasteiger partial charge in [0.15, 0.2) is 9.84 Å². The van der Waals surface area contributed by atoms with Gasteiger partial charge < -0.3 is 34.8 Å². The van der Waals surface area contributed by atoms with E-state index in [1.54, 1.807) is 24.3 Å². The van der Waals surface area contributed by atoms with Crippen molar-refractivity contribution in [1.29, 1.82) is 0 Å². The minimum Gasteiger partial charge on any atom is -0.490 e. The number of sulfone groups is 1. The molecule has 1 aromatic heterocycles. The first-order valence-corrected chi connectivity index (χ1v) is 16.4. The molecule has 0 amide bonds. The molecule has 9 nitrogen and oxygen atoms in total. The number of alkyl halides is 3. The third-order valence-electron chi connectivity index (χ3n) is 7.41. The van der Waals surface area contributed by atoms with Gasteiger partial charge in [0.2, 0.25) is 0 Å². The standard InChI is InChI=1S/C31H40F3N5O4S/c1-37(2)17-19-43-30-21-25(44(3,41)42)9-10-28(30)35-13-5-6-24-20-26-27(36-23-11-14-38(15-12-23)16-18-40)7-4-8-29(26)39(24)22-31(32,33)34/h4,7-10,20-21,23,35-36,40H,11-19,22H2,1-3H3. The number of halogens is 3. The van der Waals surface area contributed by atoms with E-state index >= 15 is 0 Å². The Morgan fingerprint density at radius 1 is 1.11 bits per heavy atom. The van der Waals surface area contributed by atoms with Crippen molar-refractivity contribution in [2.45, 2.75) is 36.5 Å². The van der Waals surface area contributed by atoms with Crippen LogP contribution in [0.25, 0.3) is 10.9 Å². The van der Waals surface area contributed by atoms with Crippen molar-refractivity contribution in [2.24, 2.45) is 0 Å². The van der Waals surface area contributed by atoms with Gasteiger partial charge in [0, 0.05) is 55.6 Å². The summed E-state index contributed by atoms with van der Waals surface area (Å²) in [5.41, 5.74) is 1.96. The molecule has 240 valence electrons. The number of nitrogens with one attached hydrogen (secondary N) is 2. The van der Waals surface area contributed by atoms with Crippen LogP contribution in [0, 0.1) is 11.8 Å². The van der Waals surface area contributed by atoms with Gasteiger partial charge in [0.05, 0.1) is 34.9 Å². The Kier molecular flexibility index (Phi) is 11.1. The van der Waals surface area contributed by atoms with E-state index in [9.17, 15) is 26.7 Å². The molecule has 0 aliphatic carbocycles. The maximum Gasteiger partial charge on any atom is 0.406 e. The number of rotatable bonds is 12. The third-order valence-corrected chi connectivity index (χ3v) is 8.52. The number of piperidine rings is 1. The van der Waals surface area contributed by atoms with Gasteiger partial charge in [-0.05, 0) is 63.2 Å². The van der Waals surface area contributed by atoms with Crippen LogP contribution >= 0.6 is 0 Å². The van der Waals surface area contributed by atoms with E-state index in [0.717, 1.165) is 37.9 Å². The first kappa shape index (κ1) is 33.5. The number of hydrogen-bond donors (Lipinski definition) is 3. The van der Waals surface area contributed by atoms with Crippen LogP contribution < -0.4 is 15.4 Å². The van der Waals surface area contributed by atoms with E-state index in [1.807, 2.05) is 25.1 Å². The summed E-state index contributed by atoms with van der Waals surface area (Å²) in [6.45, 7) is 2.29. The maximum absolute atomic E-state index is 13.6. The van der Waals surface area contributed by atoms with Crippen LogP contribution in [0.1, 0.15) is 18.5 Å². The molecule has 1 aliphatic heterocycles. The summed E-state index contributed by atoms with van der Waals surface area (Å²) < 4.78 is 72.1. The number of likely N-dealkylation sites (N-methyl/N-ethyl adjacent to an activating group) is 1. The Bertz CT molecular complexity index is 1590. The van der Waals surface area contributed by atoms with Crippen molar-refractivity contribution in [3.8, 4) is 17.6 Å². The molecule has 2 heterocycles. The monoisotopic (exact) mass is 635 g/mol. The van der Waals surface area contributed by atoms with E-state index in [4.69, 9.17) is 4.74 Å². The van der Waals surface area contributed by atoms with E-state index < -0.39 is 22.6 Å². The molecule has 2 aromatic carbocycles. The summed E-state index contributed by atoms with van der Waals surface area (Å²) in [6.07, 6.45) is -1.59. The lowest BCUT2D eigenvalue weighted by Gasteiger charge is -2.32. The summed E-state index contributed by atoms with van der Waals surface area (Å²) in [5.74, 6) is 6.18. The Hall–Kier alpha value is -3.44. The van der Waals surface area contributed by atoms with E-state index in [1.165, 1.54) is 16.7 Å². The third kappa shape index (κ3) is 9.28. The number of β-amino-alcohol motifs (C(OH)–C–C–N with tert-alkyl or cyclic N) is 1. The molecular formula is C31H40F3N5O4S. The predicted octanol–water partition coefficient (Wildman–Crippen LogP) is 3.88. The fourth-order valence-corrected chi connectivity index (χ4v) is 5.77. The SMILES string of the molecule is CN(C)CCOc1cc(S(C)(=O)=O)ccc1NCC#Cc1cc2c(NC3CCN(CCO)CC3)cccc2n1CC(F)(F)F. The van der Waals surface area contributed by atoms with Gasteiger partial charge >= 0.3 is 6.18 Å². The molecule has 13 heteroatoms. The Morgan fingerprint density at radius 2 is 1.86 bits per heavy atom. The number of nitrogens with zero attached hydrogens (tertiary/aromatic N) is 3. The molecule has 3 N–H and O–H groups in total. The van der Waals surface area contributed by atoms with Crippen molar-refractivity contribution in [1.82, 2.24) is 14.4 Å². The van der Waals surface area contributed by atoms with Crippen LogP contribution in [0.5, 0.6) is 5.75 Å². The fourth-order valence-electron chi connectivity index (χ4n) is 5.14. The van der Waals surface area contributed by atoms with Gasteiger partial charge in [-0.25, -0.2) is 8.42 Å². The highest BCUT2D eigenvalue weighted by molar-refractivity contribution is 7.90. The predicted molar refractivity (Wildman–Crippen MR) is 167 cm³/mol. The van der Waals surface area contributed by atoms with Crippen molar-refractivity contribution >= 4 is 32.1 Å². The molecule has 0 bridgehead atoms. The first-order valence-electron chi connectivity index (χ1n) is 14.5. The average Bonchev–Trinajstić information content (AvgIpc) is 3.28. The number of ether oxygens (including phenoxy) is 1. The molecule has 1 aliphatic rings.